The Morgan fingerprint density at radius 3 is 2.69 bits per heavy atom. The van der Waals surface area contributed by atoms with Crippen molar-refractivity contribution in [3.05, 3.63) is 48.0 Å². The topological polar surface area (TPSA) is 95.5 Å². The number of unbranched alkanes of at least 4 members (excludes halogenated alkanes) is 2. The highest BCUT2D eigenvalue weighted by Crippen LogP contribution is 2.48. The number of nitrogens with one attached hydrogen (secondary N) is 1. The van der Waals surface area contributed by atoms with Gasteiger partial charge in [-0.2, -0.15) is 0 Å². The molecule has 0 aromatic heterocycles. The number of thiocarbonyl (C=S) groups is 1. The molecule has 35 heavy (non-hydrogen) atoms. The van der Waals surface area contributed by atoms with Crippen molar-refractivity contribution in [3.8, 4) is 0 Å². The molecule has 0 aliphatic carbocycles. The van der Waals surface area contributed by atoms with Gasteiger partial charge in [0.25, 0.3) is 0 Å². The minimum Gasteiger partial charge on any atom is -0.431 e. The third-order valence-corrected chi connectivity index (χ3v) is 7.40. The highest BCUT2D eigenvalue weighted by Gasteiger charge is 2.45. The van der Waals surface area contributed by atoms with Crippen LogP contribution in [-0.4, -0.2) is 62.4 Å². The Kier molecular flexibility index (Phi) is 13.4. The summed E-state index contributed by atoms with van der Waals surface area (Å²) in [5.74, 6) is -0.0936. The second-order valence-corrected chi connectivity index (χ2v) is 11.8. The van der Waals surface area contributed by atoms with Crippen LogP contribution in [0.5, 0.6) is 0 Å². The summed E-state index contributed by atoms with van der Waals surface area (Å²) in [6, 6.07) is 9.13. The first-order valence-corrected chi connectivity index (χ1v) is 14.7. The lowest BCUT2D eigenvalue weighted by Crippen LogP contribution is -2.33. The number of carbonyl (C=O) groups excluding carboxylic acids is 1. The fourth-order valence-electron chi connectivity index (χ4n) is 3.73. The molecule has 0 bridgehead atoms. The molecular formula is C23H35BNO7PS2. The van der Waals surface area contributed by atoms with Crippen molar-refractivity contribution in [2.45, 2.75) is 57.4 Å². The first-order valence-electron chi connectivity index (χ1n) is 11.7. The van der Waals surface area contributed by atoms with Gasteiger partial charge in [-0.05, 0) is 50.0 Å². The van der Waals surface area contributed by atoms with Crippen molar-refractivity contribution in [1.82, 2.24) is 5.32 Å². The molecule has 8 nitrogen and oxygen atoms in total. The van der Waals surface area contributed by atoms with Crippen molar-refractivity contribution in [2.24, 2.45) is 5.92 Å². The molecule has 2 N–H and O–H groups in total. The van der Waals surface area contributed by atoms with Crippen LogP contribution < -0.4 is 5.32 Å². The Hall–Kier alpha value is -1.33. The van der Waals surface area contributed by atoms with E-state index in [1.54, 1.807) is 0 Å². The maximum absolute atomic E-state index is 12.1. The Morgan fingerprint density at radius 1 is 1.26 bits per heavy atom. The van der Waals surface area contributed by atoms with E-state index in [2.05, 4.69) is 17.5 Å². The van der Waals surface area contributed by atoms with E-state index in [9.17, 15) is 9.69 Å². The normalized spacial score (nSPS) is 23.6. The molecule has 0 saturated carbocycles. The number of hydrogen-bond donors (Lipinski definition) is 2. The summed E-state index contributed by atoms with van der Waals surface area (Å²) in [5.41, 5.74) is 0.856. The maximum atomic E-state index is 12.1. The molecule has 1 saturated heterocycles. The first kappa shape index (κ1) is 29.9. The van der Waals surface area contributed by atoms with E-state index in [1.807, 2.05) is 45.1 Å². The molecule has 2 rings (SSSR count). The number of rotatable bonds is 14. The molecule has 1 heterocycles. The molecule has 1 fully saturated rings. The van der Waals surface area contributed by atoms with Crippen molar-refractivity contribution in [2.75, 3.05) is 20.3 Å². The van der Waals surface area contributed by atoms with Crippen molar-refractivity contribution in [3.63, 3.8) is 0 Å². The fourth-order valence-corrected chi connectivity index (χ4v) is 4.82. The van der Waals surface area contributed by atoms with Crippen LogP contribution in [-0.2, 0) is 41.7 Å². The zero-order chi connectivity index (χ0) is 25.7. The minimum absolute atomic E-state index is 0.0891. The van der Waals surface area contributed by atoms with Gasteiger partial charge in [-0.15, -0.1) is 0 Å². The monoisotopic (exact) mass is 543 g/mol. The molecule has 194 valence electrons. The summed E-state index contributed by atoms with van der Waals surface area (Å²) in [6.07, 6.45) is 5.90. The third kappa shape index (κ3) is 11.5. The lowest BCUT2D eigenvalue weighted by atomic mass is 9.82. The Labute approximate surface area is 219 Å². The lowest BCUT2D eigenvalue weighted by molar-refractivity contribution is -0.0272. The average Bonchev–Trinajstić information content (AvgIpc) is 3.11. The van der Waals surface area contributed by atoms with Gasteiger partial charge < -0.3 is 33.5 Å². The van der Waals surface area contributed by atoms with Gasteiger partial charge in [0.2, 0.25) is 0 Å². The number of ether oxygens (including phenoxy) is 3. The predicted molar refractivity (Wildman–Crippen MR) is 146 cm³/mol. The van der Waals surface area contributed by atoms with Crippen molar-refractivity contribution >= 4 is 49.7 Å². The standard InChI is InChI=1S/C23H35BNO7PS2/c1-17(34)25-14-10-5-3-4-9-13-19-21(32-33(27,35)28-2)20(31-22(19)24)16-30-23(26)29-15-18-11-7-6-8-12-18/h4,6-9,11-12,19-22H,3,5,10,13-16,24H2,1-2H3,(H,25,34)(H,27,35)/b9-4+/t19?,20-,21-,22-,33?/m1/s1. The fraction of sp³-hybridized carbons (Fsp3) is 0.565. The zero-order valence-corrected chi connectivity index (χ0v) is 23.0. The minimum atomic E-state index is -3.45. The van der Waals surface area contributed by atoms with E-state index in [1.165, 1.54) is 7.11 Å². The number of allylic oxidation sites excluding steroid dienone is 2. The molecule has 2 unspecified atom stereocenters. The van der Waals surface area contributed by atoms with Crippen LogP contribution in [0.15, 0.2) is 42.5 Å². The van der Waals surface area contributed by atoms with Gasteiger partial charge in [-0.3, -0.25) is 0 Å². The van der Waals surface area contributed by atoms with Gasteiger partial charge >= 0.3 is 12.9 Å². The molecule has 0 amide bonds. The van der Waals surface area contributed by atoms with E-state index in [0.717, 1.165) is 36.4 Å². The second kappa shape index (κ2) is 15.7. The molecule has 5 atom stereocenters. The molecular weight excluding hydrogens is 508 g/mol. The number of benzene rings is 1. The zero-order valence-electron chi connectivity index (χ0n) is 20.5. The summed E-state index contributed by atoms with van der Waals surface area (Å²) < 4.78 is 27.2. The summed E-state index contributed by atoms with van der Waals surface area (Å²) in [4.78, 5) is 23.2. The first-order chi connectivity index (χ1) is 16.7. The van der Waals surface area contributed by atoms with E-state index in [0.29, 0.717) is 6.42 Å². The molecule has 0 radical (unpaired) electrons. The van der Waals surface area contributed by atoms with Crippen LogP contribution in [0.2, 0.25) is 0 Å². The Morgan fingerprint density at radius 2 is 2.00 bits per heavy atom. The van der Waals surface area contributed by atoms with Crippen molar-refractivity contribution < 1.29 is 32.9 Å². The van der Waals surface area contributed by atoms with Gasteiger partial charge in [0.15, 0.2) is 0 Å². The number of hydrogen-bond acceptors (Lipinski definition) is 8. The molecule has 12 heteroatoms. The Bertz CT molecular complexity index is 877. The van der Waals surface area contributed by atoms with Crippen LogP contribution in [0.3, 0.4) is 0 Å². The predicted octanol–water partition coefficient (Wildman–Crippen LogP) is 3.62. The highest BCUT2D eigenvalue weighted by atomic mass is 32.5. The van der Waals surface area contributed by atoms with Crippen molar-refractivity contribution in [1.29, 1.82) is 0 Å². The highest BCUT2D eigenvalue weighted by molar-refractivity contribution is 8.07. The summed E-state index contributed by atoms with van der Waals surface area (Å²) in [7, 11) is 3.23. The van der Waals surface area contributed by atoms with E-state index in [-0.39, 0.29) is 25.1 Å². The van der Waals surface area contributed by atoms with Gasteiger partial charge in [-0.1, -0.05) is 54.7 Å². The van der Waals surface area contributed by atoms with Crippen LogP contribution in [0.4, 0.5) is 4.79 Å². The summed E-state index contributed by atoms with van der Waals surface area (Å²) in [6.45, 7) is -0.680. The largest absolute Gasteiger partial charge is 0.508 e. The molecule has 0 spiro atoms. The summed E-state index contributed by atoms with van der Waals surface area (Å²) in [5, 5.41) is 3.15. The Balaban J connectivity index is 1.87. The molecule has 1 aliphatic rings. The van der Waals surface area contributed by atoms with E-state index in [4.69, 9.17) is 47.3 Å². The molecule has 1 aliphatic heterocycles. The van der Waals surface area contributed by atoms with Crippen LogP contribution in [0, 0.1) is 5.92 Å². The van der Waals surface area contributed by atoms with Gasteiger partial charge in [0.05, 0.1) is 4.99 Å². The van der Waals surface area contributed by atoms with Gasteiger partial charge in [-0.25, -0.2) is 4.79 Å². The van der Waals surface area contributed by atoms with Crippen LogP contribution in [0.1, 0.15) is 38.2 Å². The van der Waals surface area contributed by atoms with Crippen LogP contribution in [0.25, 0.3) is 0 Å². The van der Waals surface area contributed by atoms with Crippen LogP contribution >= 0.6 is 18.9 Å². The molecule has 1 aromatic rings. The second-order valence-electron chi connectivity index (χ2n) is 8.29. The smallest absolute Gasteiger partial charge is 0.431 e. The summed E-state index contributed by atoms with van der Waals surface area (Å²) >= 11 is 10.1. The van der Waals surface area contributed by atoms with Gasteiger partial charge in [0, 0.05) is 25.6 Å². The number of carbonyl (C=O) groups is 1. The molecule has 1 aromatic carbocycles. The third-order valence-electron chi connectivity index (χ3n) is 5.58. The quantitative estimate of drug-likeness (QED) is 0.0905. The SMILES string of the molecule is B[C@@H]1O[C@H](COC(=O)OCc2ccccc2)[C@H](OP(O)(=S)OC)C1C/C=C/CCCCNC(C)=S. The average molecular weight is 543 g/mol. The van der Waals surface area contributed by atoms with E-state index < -0.39 is 25.1 Å². The maximum Gasteiger partial charge on any atom is 0.508 e. The lowest BCUT2D eigenvalue weighted by Gasteiger charge is -2.26. The van der Waals surface area contributed by atoms with E-state index >= 15 is 0 Å². The van der Waals surface area contributed by atoms with Gasteiger partial charge in [0.1, 0.15) is 33.3 Å².